The smallest absolute Gasteiger partial charge is 0.349 e. The normalized spacial score (nSPS) is 12.4. The lowest BCUT2D eigenvalue weighted by Crippen LogP contribution is -2.42. The number of nitrogens with zero attached hydrogens (tertiary/aromatic N) is 3. The molecule has 2 aromatic rings. The Kier molecular flexibility index (Phi) is 7.55. The van der Waals surface area contributed by atoms with Gasteiger partial charge in [-0.05, 0) is 26.8 Å². The topological polar surface area (TPSA) is 76.4 Å². The monoisotopic (exact) mass is 374 g/mol. The Morgan fingerprint density at radius 1 is 1.41 bits per heavy atom. The van der Waals surface area contributed by atoms with Gasteiger partial charge < -0.3 is 14.7 Å². The van der Waals surface area contributed by atoms with Crippen molar-refractivity contribution in [3.05, 3.63) is 52.0 Å². The summed E-state index contributed by atoms with van der Waals surface area (Å²) in [6.45, 7) is 8.59. The van der Waals surface area contributed by atoms with Crippen molar-refractivity contribution in [1.29, 1.82) is 0 Å². The van der Waals surface area contributed by atoms with Gasteiger partial charge >= 0.3 is 5.56 Å². The molecule has 0 aliphatic rings. The number of aromatic hydroxyl groups is 1. The average molecular weight is 374 g/mol. The molecule has 1 N–H and O–H groups in total. The van der Waals surface area contributed by atoms with E-state index in [2.05, 4.69) is 5.16 Å². The summed E-state index contributed by atoms with van der Waals surface area (Å²) in [4.78, 5) is 17.9. The number of pyridine rings is 1. The van der Waals surface area contributed by atoms with Crippen LogP contribution in [0.2, 0.25) is 0 Å². The summed E-state index contributed by atoms with van der Waals surface area (Å²) in [5.74, 6) is -0.0132. The van der Waals surface area contributed by atoms with Crippen LogP contribution in [0.25, 0.3) is 5.65 Å². The Morgan fingerprint density at radius 2 is 2.19 bits per heavy atom. The molecular formula is C20H28N3O4+. The van der Waals surface area contributed by atoms with Gasteiger partial charge in [0.15, 0.2) is 0 Å². The molecule has 1 unspecified atom stereocenters. The Bertz CT molecular complexity index is 883. The van der Waals surface area contributed by atoms with Crippen LogP contribution in [0.5, 0.6) is 5.88 Å². The third kappa shape index (κ3) is 5.40. The van der Waals surface area contributed by atoms with E-state index >= 15 is 0 Å². The van der Waals surface area contributed by atoms with Crippen molar-refractivity contribution >= 4 is 11.9 Å². The van der Waals surface area contributed by atoms with Crippen LogP contribution >= 0.6 is 0 Å². The molecule has 2 aromatic heterocycles. The molecule has 7 nitrogen and oxygen atoms in total. The molecular weight excluding hydrogens is 346 g/mol. The maximum atomic E-state index is 12.7. The molecule has 0 saturated heterocycles. The van der Waals surface area contributed by atoms with Crippen molar-refractivity contribution in [2.24, 2.45) is 5.16 Å². The second kappa shape index (κ2) is 9.87. The standard InChI is InChI=1S/C20H27N3O4/c1-5-26-16(4)27-21-12-8-14-23-18-9-6-7-13-22(18)19(24)17(20(23)25)11-10-15(2)3/h6-7,9-10,12-13,16H,5,8,11,14H2,1-4H3/p+1/b21-12+. The van der Waals surface area contributed by atoms with Crippen LogP contribution < -0.4 is 10.1 Å². The lowest BCUT2D eigenvalue weighted by Gasteiger charge is -2.09. The SMILES string of the molecule is CCOC(C)O/N=C/CC[n+]1c(O)c(CC=C(C)C)c(=O)n2ccccc21. The molecule has 1 atom stereocenters. The van der Waals surface area contributed by atoms with Crippen LogP contribution in [0.15, 0.2) is 46.0 Å². The maximum absolute atomic E-state index is 12.7. The second-order valence-electron chi connectivity index (χ2n) is 6.38. The molecule has 0 aromatic carbocycles. The summed E-state index contributed by atoms with van der Waals surface area (Å²) in [7, 11) is 0. The first-order chi connectivity index (χ1) is 13.0. The molecule has 2 heterocycles. The van der Waals surface area contributed by atoms with Crippen molar-refractivity contribution < 1.29 is 19.2 Å². The van der Waals surface area contributed by atoms with Gasteiger partial charge in [-0.1, -0.05) is 22.9 Å². The minimum absolute atomic E-state index is 0.0132. The number of hydrogen-bond donors (Lipinski definition) is 1. The third-order valence-corrected chi connectivity index (χ3v) is 4.00. The van der Waals surface area contributed by atoms with Crippen molar-refractivity contribution in [2.45, 2.75) is 53.4 Å². The molecule has 0 radical (unpaired) electrons. The second-order valence-corrected chi connectivity index (χ2v) is 6.38. The molecule has 146 valence electrons. The number of fused-ring (bicyclic) bond motifs is 1. The zero-order valence-electron chi connectivity index (χ0n) is 16.4. The van der Waals surface area contributed by atoms with E-state index in [-0.39, 0.29) is 11.4 Å². The van der Waals surface area contributed by atoms with Crippen molar-refractivity contribution in [3.8, 4) is 5.88 Å². The van der Waals surface area contributed by atoms with Gasteiger partial charge in [0.25, 0.3) is 11.5 Å². The van der Waals surface area contributed by atoms with E-state index in [0.717, 1.165) is 5.57 Å². The van der Waals surface area contributed by atoms with Gasteiger partial charge in [-0.25, -0.2) is 4.79 Å². The summed E-state index contributed by atoms with van der Waals surface area (Å²) in [5.41, 5.74) is 1.88. The first kappa shape index (κ1) is 20.6. The van der Waals surface area contributed by atoms with E-state index in [1.54, 1.807) is 40.4 Å². The van der Waals surface area contributed by atoms with Crippen molar-refractivity contribution in [3.63, 3.8) is 0 Å². The number of aromatic nitrogens is 2. The van der Waals surface area contributed by atoms with Gasteiger partial charge in [-0.3, -0.25) is 0 Å². The van der Waals surface area contributed by atoms with E-state index in [1.807, 2.05) is 32.9 Å². The highest BCUT2D eigenvalue weighted by Crippen LogP contribution is 2.12. The summed E-state index contributed by atoms with van der Waals surface area (Å²) in [5, 5.41) is 14.6. The quantitative estimate of drug-likeness (QED) is 0.241. The molecule has 0 aliphatic heterocycles. The predicted molar refractivity (Wildman–Crippen MR) is 104 cm³/mol. The van der Waals surface area contributed by atoms with Crippen LogP contribution in [0.4, 0.5) is 0 Å². The molecule has 7 heteroatoms. The van der Waals surface area contributed by atoms with Gasteiger partial charge in [0.1, 0.15) is 5.56 Å². The van der Waals surface area contributed by atoms with Crippen molar-refractivity contribution in [2.75, 3.05) is 6.61 Å². The molecule has 0 fully saturated rings. The van der Waals surface area contributed by atoms with E-state index in [9.17, 15) is 9.90 Å². The molecule has 0 bridgehead atoms. The fourth-order valence-electron chi connectivity index (χ4n) is 2.68. The summed E-state index contributed by atoms with van der Waals surface area (Å²) >= 11 is 0. The number of ether oxygens (including phenoxy) is 1. The third-order valence-electron chi connectivity index (χ3n) is 4.00. The summed E-state index contributed by atoms with van der Waals surface area (Å²) in [6.07, 6.45) is 5.78. The molecule has 0 saturated carbocycles. The largest absolute Gasteiger partial charge is 0.477 e. The fourth-order valence-corrected chi connectivity index (χ4v) is 2.68. The average Bonchev–Trinajstić information content (AvgIpc) is 2.63. The van der Waals surface area contributed by atoms with Gasteiger partial charge in [0.05, 0.1) is 12.7 Å². The molecule has 27 heavy (non-hydrogen) atoms. The lowest BCUT2D eigenvalue weighted by atomic mass is 10.1. The number of rotatable bonds is 9. The van der Waals surface area contributed by atoms with Gasteiger partial charge in [0, 0.05) is 38.7 Å². The minimum atomic E-state index is -0.404. The number of allylic oxidation sites excluding steroid dienone is 2. The van der Waals surface area contributed by atoms with Crippen LogP contribution in [-0.2, 0) is 22.5 Å². The molecule has 0 aliphatic carbocycles. The summed E-state index contributed by atoms with van der Waals surface area (Å²) < 4.78 is 8.50. The van der Waals surface area contributed by atoms with E-state index in [0.29, 0.717) is 37.2 Å². The van der Waals surface area contributed by atoms with Gasteiger partial charge in [-0.15, -0.1) is 0 Å². The Hall–Kier alpha value is -2.67. The van der Waals surface area contributed by atoms with E-state index < -0.39 is 6.29 Å². The molecule has 0 amide bonds. The van der Waals surface area contributed by atoms with Crippen LogP contribution in [0.3, 0.4) is 0 Å². The molecule has 0 spiro atoms. The number of hydrogen-bond acceptors (Lipinski definition) is 5. The lowest BCUT2D eigenvalue weighted by molar-refractivity contribution is -0.679. The minimum Gasteiger partial charge on any atom is -0.477 e. The summed E-state index contributed by atoms with van der Waals surface area (Å²) in [6, 6.07) is 5.43. The Morgan fingerprint density at radius 3 is 2.89 bits per heavy atom. The van der Waals surface area contributed by atoms with Crippen LogP contribution in [-0.4, -0.2) is 28.6 Å². The Labute approximate surface area is 159 Å². The first-order valence-electron chi connectivity index (χ1n) is 9.13. The highest BCUT2D eigenvalue weighted by molar-refractivity contribution is 5.55. The van der Waals surface area contributed by atoms with Crippen LogP contribution in [0, 0.1) is 0 Å². The fraction of sp³-hybridized carbons (Fsp3) is 0.450. The van der Waals surface area contributed by atoms with Gasteiger partial charge in [0.2, 0.25) is 6.29 Å². The van der Waals surface area contributed by atoms with Crippen LogP contribution in [0.1, 0.15) is 39.7 Å². The number of oxime groups is 1. The first-order valence-corrected chi connectivity index (χ1v) is 9.13. The number of aryl methyl sites for hydroxylation is 1. The predicted octanol–water partition coefficient (Wildman–Crippen LogP) is 2.58. The maximum Gasteiger partial charge on any atom is 0.349 e. The van der Waals surface area contributed by atoms with Gasteiger partial charge in [-0.2, -0.15) is 8.97 Å². The van der Waals surface area contributed by atoms with E-state index in [1.165, 1.54) is 0 Å². The highest BCUT2D eigenvalue weighted by Gasteiger charge is 2.22. The molecule has 2 rings (SSSR count). The zero-order valence-corrected chi connectivity index (χ0v) is 16.4. The van der Waals surface area contributed by atoms with E-state index in [4.69, 9.17) is 9.57 Å². The Balaban J connectivity index is 2.28. The van der Waals surface area contributed by atoms with Crippen molar-refractivity contribution in [1.82, 2.24) is 4.40 Å². The zero-order chi connectivity index (χ0) is 19.8. The highest BCUT2D eigenvalue weighted by atomic mass is 16.8.